The van der Waals surface area contributed by atoms with Gasteiger partial charge in [-0.2, -0.15) is 0 Å². The van der Waals surface area contributed by atoms with Gasteiger partial charge in [0.15, 0.2) is 6.29 Å². The third kappa shape index (κ3) is 6.20. The Hall–Kier alpha value is -2.27. The van der Waals surface area contributed by atoms with Crippen molar-refractivity contribution in [1.29, 1.82) is 0 Å². The molecule has 4 N–H and O–H groups in total. The van der Waals surface area contributed by atoms with Gasteiger partial charge in [0, 0.05) is 50.8 Å². The van der Waals surface area contributed by atoms with E-state index < -0.39 is 0 Å². The van der Waals surface area contributed by atoms with Gasteiger partial charge in [0.1, 0.15) is 12.7 Å². The predicted molar refractivity (Wildman–Crippen MR) is 127 cm³/mol. The second-order valence-electron chi connectivity index (χ2n) is 9.01. The molecule has 11 heteroatoms. The van der Waals surface area contributed by atoms with Crippen LogP contribution in [0.15, 0.2) is 29.4 Å². The molecule has 182 valence electrons. The molecule has 3 heterocycles. The van der Waals surface area contributed by atoms with Crippen molar-refractivity contribution in [3.8, 4) is 0 Å². The van der Waals surface area contributed by atoms with Gasteiger partial charge in [0.05, 0.1) is 6.61 Å². The minimum Gasteiger partial charge on any atom is -0.447 e. The van der Waals surface area contributed by atoms with Crippen LogP contribution < -0.4 is 16.5 Å². The maximum Gasteiger partial charge on any atom is 0.409 e. The summed E-state index contributed by atoms with van der Waals surface area (Å²) in [6.45, 7) is 3.38. The van der Waals surface area contributed by atoms with Crippen LogP contribution in [0.2, 0.25) is 5.02 Å². The summed E-state index contributed by atoms with van der Waals surface area (Å²) < 4.78 is 11.5. The topological polar surface area (TPSA) is 108 Å². The Kier molecular flexibility index (Phi) is 7.79. The van der Waals surface area contributed by atoms with Gasteiger partial charge < -0.3 is 24.6 Å². The Morgan fingerprint density at radius 3 is 2.67 bits per heavy atom. The van der Waals surface area contributed by atoms with Crippen molar-refractivity contribution < 1.29 is 14.3 Å². The Bertz CT molecular complexity index is 830. The van der Waals surface area contributed by atoms with Gasteiger partial charge in [-0.25, -0.2) is 4.79 Å². The van der Waals surface area contributed by atoms with E-state index in [-0.39, 0.29) is 31.1 Å². The number of piperidine rings is 1. The van der Waals surface area contributed by atoms with Crippen LogP contribution in [-0.4, -0.2) is 98.2 Å². The van der Waals surface area contributed by atoms with E-state index in [1.807, 2.05) is 12.1 Å². The average molecular weight is 480 g/mol. The minimum absolute atomic E-state index is 0.142. The van der Waals surface area contributed by atoms with E-state index in [4.69, 9.17) is 26.8 Å². The third-order valence-electron chi connectivity index (χ3n) is 6.38. The molecule has 10 nitrogen and oxygen atoms in total. The number of ether oxygens (including phenoxy) is 2. The molecule has 33 heavy (non-hydrogen) atoms. The first-order chi connectivity index (χ1) is 15.9. The molecular weight excluding hydrogens is 446 g/mol. The fourth-order valence-corrected chi connectivity index (χ4v) is 4.72. The lowest BCUT2D eigenvalue weighted by Gasteiger charge is -2.46. The Labute approximate surface area is 200 Å². The van der Waals surface area contributed by atoms with Gasteiger partial charge >= 0.3 is 6.09 Å². The maximum absolute atomic E-state index is 11.9. The Balaban J connectivity index is 1.39. The molecule has 3 aliphatic rings. The molecule has 4 rings (SSSR count). The summed E-state index contributed by atoms with van der Waals surface area (Å²) in [6, 6.07) is 8.68. The summed E-state index contributed by atoms with van der Waals surface area (Å²) in [4.78, 5) is 18.1. The van der Waals surface area contributed by atoms with Crippen LogP contribution in [0.25, 0.3) is 0 Å². The van der Waals surface area contributed by atoms with E-state index in [2.05, 4.69) is 37.8 Å². The normalized spacial score (nSPS) is 26.4. The van der Waals surface area contributed by atoms with E-state index in [1.165, 1.54) is 10.5 Å². The number of hydrogen-bond acceptors (Lipinski definition) is 9. The van der Waals surface area contributed by atoms with Crippen molar-refractivity contribution in [3.05, 3.63) is 34.9 Å². The highest BCUT2D eigenvalue weighted by Crippen LogP contribution is 2.26. The molecule has 2 saturated heterocycles. The molecule has 3 unspecified atom stereocenters. The number of carbonyl (C=O) groups is 1. The van der Waals surface area contributed by atoms with Crippen molar-refractivity contribution in [2.45, 2.75) is 43.7 Å². The molecule has 0 aliphatic carbocycles. The van der Waals surface area contributed by atoms with E-state index in [9.17, 15) is 4.79 Å². The fourth-order valence-electron chi connectivity index (χ4n) is 4.60. The van der Waals surface area contributed by atoms with Crippen molar-refractivity contribution >= 4 is 23.7 Å². The summed E-state index contributed by atoms with van der Waals surface area (Å²) in [5.41, 5.74) is 9.91. The van der Waals surface area contributed by atoms with E-state index >= 15 is 0 Å². The summed E-state index contributed by atoms with van der Waals surface area (Å²) in [6.07, 6.45) is 2.09. The van der Waals surface area contributed by atoms with Gasteiger partial charge in [-0.1, -0.05) is 23.7 Å². The first-order valence-corrected chi connectivity index (χ1v) is 11.8. The lowest BCUT2D eigenvalue weighted by molar-refractivity contribution is -0.102. The van der Waals surface area contributed by atoms with Crippen LogP contribution in [-0.2, 0) is 15.9 Å². The SMILES string of the molecule is CN(C)C(=O)OCC1CN(C2CCN(C3=NNC(N)N3)CC2)C(Cc2ccc(Cl)cc2)CO1. The zero-order valence-electron chi connectivity index (χ0n) is 19.2. The quantitative estimate of drug-likeness (QED) is 0.569. The van der Waals surface area contributed by atoms with Crippen LogP contribution in [0, 0.1) is 0 Å². The van der Waals surface area contributed by atoms with Crippen LogP contribution in [0.5, 0.6) is 0 Å². The first-order valence-electron chi connectivity index (χ1n) is 11.4. The smallest absolute Gasteiger partial charge is 0.409 e. The number of halogens is 1. The highest BCUT2D eigenvalue weighted by molar-refractivity contribution is 6.30. The largest absolute Gasteiger partial charge is 0.447 e. The second-order valence-corrected chi connectivity index (χ2v) is 9.45. The van der Waals surface area contributed by atoms with Gasteiger partial charge in [-0.05, 0) is 37.0 Å². The number of benzene rings is 1. The zero-order valence-corrected chi connectivity index (χ0v) is 20.0. The monoisotopic (exact) mass is 479 g/mol. The van der Waals surface area contributed by atoms with E-state index in [0.29, 0.717) is 12.6 Å². The third-order valence-corrected chi connectivity index (χ3v) is 6.63. The molecule has 1 aromatic carbocycles. The second kappa shape index (κ2) is 10.8. The van der Waals surface area contributed by atoms with Crippen molar-refractivity contribution in [3.63, 3.8) is 0 Å². The number of carbonyl (C=O) groups excluding carboxylic acids is 1. The fraction of sp³-hybridized carbons (Fsp3) is 0.636. The number of guanidine groups is 1. The van der Waals surface area contributed by atoms with Gasteiger partial charge in [0.2, 0.25) is 5.96 Å². The molecule has 0 aromatic heterocycles. The van der Waals surface area contributed by atoms with Crippen molar-refractivity contribution in [2.75, 3.05) is 46.9 Å². The molecule has 1 aromatic rings. The number of amides is 1. The number of hydrazone groups is 1. The molecule has 0 bridgehead atoms. The first kappa shape index (κ1) is 23.9. The number of rotatable bonds is 5. The van der Waals surface area contributed by atoms with Crippen LogP contribution >= 0.6 is 11.6 Å². The lowest BCUT2D eigenvalue weighted by atomic mass is 9.96. The molecule has 1 amide bonds. The average Bonchev–Trinajstić information content (AvgIpc) is 3.26. The minimum atomic E-state index is -0.349. The van der Waals surface area contributed by atoms with E-state index in [1.54, 1.807) is 14.1 Å². The van der Waals surface area contributed by atoms with E-state index in [0.717, 1.165) is 49.9 Å². The predicted octanol–water partition coefficient (Wildman–Crippen LogP) is 0.821. The molecule has 0 saturated carbocycles. The van der Waals surface area contributed by atoms with Gasteiger partial charge in [-0.3, -0.25) is 16.1 Å². The molecular formula is C22H34ClN7O3. The highest BCUT2D eigenvalue weighted by atomic mass is 35.5. The number of likely N-dealkylation sites (tertiary alicyclic amines) is 1. The number of nitrogens with two attached hydrogens (primary N) is 1. The lowest BCUT2D eigenvalue weighted by Crippen LogP contribution is -2.59. The van der Waals surface area contributed by atoms with Gasteiger partial charge in [-0.15, -0.1) is 5.10 Å². The number of hydrogen-bond donors (Lipinski definition) is 3. The molecule has 2 fully saturated rings. The van der Waals surface area contributed by atoms with Crippen LogP contribution in [0.3, 0.4) is 0 Å². The Morgan fingerprint density at radius 2 is 2.03 bits per heavy atom. The summed E-state index contributed by atoms with van der Waals surface area (Å²) in [5.74, 6) is 0.814. The molecule has 0 radical (unpaired) electrons. The molecule has 3 aliphatic heterocycles. The maximum atomic E-state index is 11.9. The summed E-state index contributed by atoms with van der Waals surface area (Å²) >= 11 is 6.07. The van der Waals surface area contributed by atoms with Crippen LogP contribution in [0.1, 0.15) is 18.4 Å². The summed E-state index contributed by atoms with van der Waals surface area (Å²) in [5, 5.41) is 8.17. The van der Waals surface area contributed by atoms with Crippen LogP contribution in [0.4, 0.5) is 4.79 Å². The standard InChI is InChI=1S/C22H34ClN7O3/c1-28(2)22(31)33-14-19-12-30(18(13-32-19)11-15-3-5-16(23)6-4-15)17-7-9-29(10-8-17)21-25-20(24)26-27-21/h3-6,17-20,26H,7-14,24H2,1-2H3,(H,25,27). The highest BCUT2D eigenvalue weighted by Gasteiger charge is 2.36. The summed E-state index contributed by atoms with van der Waals surface area (Å²) in [7, 11) is 3.36. The molecule has 3 atom stereocenters. The molecule has 0 spiro atoms. The van der Waals surface area contributed by atoms with Crippen molar-refractivity contribution in [1.82, 2.24) is 25.4 Å². The number of nitrogens with one attached hydrogen (secondary N) is 2. The zero-order chi connectivity index (χ0) is 23.4. The Morgan fingerprint density at radius 1 is 1.30 bits per heavy atom. The number of morpholine rings is 1. The number of nitrogens with zero attached hydrogens (tertiary/aromatic N) is 4. The van der Waals surface area contributed by atoms with Gasteiger partial charge in [0.25, 0.3) is 0 Å². The van der Waals surface area contributed by atoms with Crippen molar-refractivity contribution in [2.24, 2.45) is 10.8 Å².